The number of allylic oxidation sites excluding steroid dienone is 4. The third-order valence-electron chi connectivity index (χ3n) is 9.44. The standard InChI is InChI=1S/C43H82O4/c1-3-5-7-9-11-13-15-17-19-21-23-25-27-29-31-33-37-44-40-42(47-43-36-35-39-46-43)41-45-38-34-32-30-28-26-24-22-20-18-16-14-12-10-8-6-4-2/h17-20,42-43H,3-16,21-41H2,1-2H3. The molecule has 0 radical (unpaired) electrons. The highest BCUT2D eigenvalue weighted by molar-refractivity contribution is 4.82. The van der Waals surface area contributed by atoms with Crippen LogP contribution in [-0.4, -0.2) is 45.4 Å². The lowest BCUT2D eigenvalue weighted by Crippen LogP contribution is -2.30. The zero-order valence-corrected chi connectivity index (χ0v) is 31.8. The van der Waals surface area contributed by atoms with Crippen LogP contribution in [0.3, 0.4) is 0 Å². The Balaban J connectivity index is 1.93. The van der Waals surface area contributed by atoms with Crippen molar-refractivity contribution in [1.29, 1.82) is 0 Å². The van der Waals surface area contributed by atoms with Gasteiger partial charge in [0.25, 0.3) is 0 Å². The van der Waals surface area contributed by atoms with Crippen molar-refractivity contribution in [3.8, 4) is 0 Å². The summed E-state index contributed by atoms with van der Waals surface area (Å²) < 4.78 is 24.0. The van der Waals surface area contributed by atoms with E-state index in [1.54, 1.807) is 0 Å². The molecular formula is C43H82O4. The molecule has 4 nitrogen and oxygen atoms in total. The molecule has 0 spiro atoms. The summed E-state index contributed by atoms with van der Waals surface area (Å²) in [5.74, 6) is 0. The van der Waals surface area contributed by atoms with Crippen LogP contribution in [0.4, 0.5) is 0 Å². The topological polar surface area (TPSA) is 36.9 Å². The van der Waals surface area contributed by atoms with E-state index in [0.717, 1.165) is 45.5 Å². The minimum absolute atomic E-state index is 0.0266. The van der Waals surface area contributed by atoms with Crippen LogP contribution in [0.1, 0.15) is 206 Å². The molecule has 0 aromatic rings. The smallest absolute Gasteiger partial charge is 0.158 e. The predicted molar refractivity (Wildman–Crippen MR) is 204 cm³/mol. The van der Waals surface area contributed by atoms with Crippen LogP contribution in [-0.2, 0) is 18.9 Å². The molecular weight excluding hydrogens is 580 g/mol. The first kappa shape index (κ1) is 44.3. The monoisotopic (exact) mass is 663 g/mol. The van der Waals surface area contributed by atoms with Gasteiger partial charge in [-0.15, -0.1) is 0 Å². The Labute approximate surface area is 294 Å². The summed E-state index contributed by atoms with van der Waals surface area (Å²) in [6.07, 6.45) is 48.9. The summed E-state index contributed by atoms with van der Waals surface area (Å²) >= 11 is 0. The lowest BCUT2D eigenvalue weighted by Gasteiger charge is -2.22. The van der Waals surface area contributed by atoms with Gasteiger partial charge in [-0.25, -0.2) is 0 Å². The second kappa shape index (κ2) is 38.1. The Bertz CT molecular complexity index is 596. The van der Waals surface area contributed by atoms with Crippen molar-refractivity contribution in [2.24, 2.45) is 0 Å². The molecule has 1 rings (SSSR count). The molecule has 0 aliphatic carbocycles. The maximum Gasteiger partial charge on any atom is 0.158 e. The molecule has 0 N–H and O–H groups in total. The summed E-state index contributed by atoms with van der Waals surface area (Å²) in [7, 11) is 0. The van der Waals surface area contributed by atoms with Crippen molar-refractivity contribution in [3.63, 3.8) is 0 Å². The van der Waals surface area contributed by atoms with Gasteiger partial charge >= 0.3 is 0 Å². The number of ether oxygens (including phenoxy) is 4. The minimum atomic E-state index is -0.0806. The molecule has 1 fully saturated rings. The molecule has 0 saturated carbocycles. The molecule has 278 valence electrons. The number of rotatable bonds is 38. The summed E-state index contributed by atoms with van der Waals surface area (Å²) in [6, 6.07) is 0. The van der Waals surface area contributed by atoms with Crippen molar-refractivity contribution in [2.75, 3.05) is 33.0 Å². The van der Waals surface area contributed by atoms with Crippen LogP contribution < -0.4 is 0 Å². The molecule has 1 saturated heterocycles. The highest BCUT2D eigenvalue weighted by Crippen LogP contribution is 2.17. The van der Waals surface area contributed by atoms with Gasteiger partial charge in [0.1, 0.15) is 6.10 Å². The Morgan fingerprint density at radius 3 is 1.21 bits per heavy atom. The van der Waals surface area contributed by atoms with Crippen molar-refractivity contribution in [3.05, 3.63) is 24.3 Å². The summed E-state index contributed by atoms with van der Waals surface area (Å²) in [6.45, 7) is 8.24. The number of unbranched alkanes of at least 4 members (excludes halogenated alkanes) is 24. The van der Waals surface area contributed by atoms with E-state index >= 15 is 0 Å². The molecule has 1 unspecified atom stereocenters. The van der Waals surface area contributed by atoms with Gasteiger partial charge in [0.05, 0.1) is 13.2 Å². The van der Waals surface area contributed by atoms with E-state index in [-0.39, 0.29) is 12.4 Å². The Morgan fingerprint density at radius 2 is 0.851 bits per heavy atom. The van der Waals surface area contributed by atoms with Gasteiger partial charge in [0.2, 0.25) is 0 Å². The molecule has 47 heavy (non-hydrogen) atoms. The molecule has 1 heterocycles. The van der Waals surface area contributed by atoms with Crippen LogP contribution in [0.15, 0.2) is 24.3 Å². The highest BCUT2D eigenvalue weighted by Gasteiger charge is 2.21. The summed E-state index contributed by atoms with van der Waals surface area (Å²) in [4.78, 5) is 0. The summed E-state index contributed by atoms with van der Waals surface area (Å²) in [5.41, 5.74) is 0. The maximum absolute atomic E-state index is 6.19. The lowest BCUT2D eigenvalue weighted by molar-refractivity contribution is -0.173. The maximum atomic E-state index is 6.19. The van der Waals surface area contributed by atoms with E-state index in [4.69, 9.17) is 18.9 Å². The zero-order chi connectivity index (χ0) is 33.6. The zero-order valence-electron chi connectivity index (χ0n) is 31.8. The van der Waals surface area contributed by atoms with Gasteiger partial charge in [0, 0.05) is 26.2 Å². The largest absolute Gasteiger partial charge is 0.379 e. The second-order valence-corrected chi connectivity index (χ2v) is 14.2. The van der Waals surface area contributed by atoms with Gasteiger partial charge in [-0.05, 0) is 70.6 Å². The van der Waals surface area contributed by atoms with E-state index in [2.05, 4.69) is 38.2 Å². The minimum Gasteiger partial charge on any atom is -0.379 e. The molecule has 0 amide bonds. The quantitative estimate of drug-likeness (QED) is 0.0487. The number of hydrogen-bond acceptors (Lipinski definition) is 4. The third-order valence-corrected chi connectivity index (χ3v) is 9.44. The van der Waals surface area contributed by atoms with Crippen LogP contribution in [0.5, 0.6) is 0 Å². The fourth-order valence-corrected chi connectivity index (χ4v) is 6.33. The molecule has 1 atom stereocenters. The fourth-order valence-electron chi connectivity index (χ4n) is 6.33. The Morgan fingerprint density at radius 1 is 0.489 bits per heavy atom. The molecule has 0 aromatic carbocycles. The molecule has 1 aliphatic heterocycles. The Kier molecular flexibility index (Phi) is 36.0. The van der Waals surface area contributed by atoms with E-state index in [1.165, 1.54) is 167 Å². The average molecular weight is 663 g/mol. The molecule has 4 heteroatoms. The summed E-state index contributed by atoms with van der Waals surface area (Å²) in [5, 5.41) is 0. The van der Waals surface area contributed by atoms with Gasteiger partial charge in [0.15, 0.2) is 6.29 Å². The van der Waals surface area contributed by atoms with Crippen LogP contribution >= 0.6 is 0 Å². The van der Waals surface area contributed by atoms with E-state index in [9.17, 15) is 0 Å². The average Bonchev–Trinajstić information content (AvgIpc) is 3.60. The fraction of sp³-hybridized carbons (Fsp3) is 0.907. The molecule has 1 aliphatic rings. The van der Waals surface area contributed by atoms with Crippen LogP contribution in [0.2, 0.25) is 0 Å². The van der Waals surface area contributed by atoms with Crippen molar-refractivity contribution in [2.45, 2.75) is 219 Å². The third kappa shape index (κ3) is 33.6. The Hall–Kier alpha value is -0.680. The first-order valence-corrected chi connectivity index (χ1v) is 21.1. The van der Waals surface area contributed by atoms with Crippen LogP contribution in [0, 0.1) is 0 Å². The van der Waals surface area contributed by atoms with E-state index in [1.807, 2.05) is 0 Å². The normalized spacial score (nSPS) is 15.9. The highest BCUT2D eigenvalue weighted by atomic mass is 16.7. The van der Waals surface area contributed by atoms with Gasteiger partial charge in [-0.3, -0.25) is 0 Å². The number of hydrogen-bond donors (Lipinski definition) is 0. The van der Waals surface area contributed by atoms with Gasteiger partial charge in [-0.2, -0.15) is 0 Å². The lowest BCUT2D eigenvalue weighted by atomic mass is 10.1. The van der Waals surface area contributed by atoms with Crippen LogP contribution in [0.25, 0.3) is 0 Å². The molecule has 0 bridgehead atoms. The van der Waals surface area contributed by atoms with Gasteiger partial charge < -0.3 is 18.9 Å². The van der Waals surface area contributed by atoms with E-state index < -0.39 is 0 Å². The first-order valence-electron chi connectivity index (χ1n) is 21.1. The van der Waals surface area contributed by atoms with Crippen molar-refractivity contribution in [1.82, 2.24) is 0 Å². The SMILES string of the molecule is CCCCCCCCC=CCCCCCCCCOCC(COCCCCCCCCC=CCCCCCCCC)OC1CCCO1. The predicted octanol–water partition coefficient (Wildman–Crippen LogP) is 13.6. The first-order chi connectivity index (χ1) is 23.4. The van der Waals surface area contributed by atoms with Crippen molar-refractivity contribution < 1.29 is 18.9 Å². The van der Waals surface area contributed by atoms with Gasteiger partial charge in [-0.1, -0.05) is 154 Å². The van der Waals surface area contributed by atoms with E-state index in [0.29, 0.717) is 13.2 Å². The second-order valence-electron chi connectivity index (χ2n) is 14.2. The van der Waals surface area contributed by atoms with Crippen molar-refractivity contribution >= 4 is 0 Å². The molecule has 0 aromatic heterocycles.